The molecule has 1 amide bonds. The number of nitriles is 1. The van der Waals surface area contributed by atoms with Crippen LogP contribution in [-0.2, 0) is 10.9 Å². The predicted octanol–water partition coefficient (Wildman–Crippen LogP) is 3.70. The Morgan fingerprint density at radius 3 is 2.54 bits per heavy atom. The summed E-state index contributed by atoms with van der Waals surface area (Å²) in [7, 11) is 0. The highest BCUT2D eigenvalue weighted by Gasteiger charge is 2.36. The summed E-state index contributed by atoms with van der Waals surface area (Å²) in [5.74, 6) is 0.00825. The van der Waals surface area contributed by atoms with E-state index in [0.29, 0.717) is 0 Å². The number of carbonyl (C=O) groups excluding carboxylic acids is 1. The van der Waals surface area contributed by atoms with Gasteiger partial charge in [-0.25, -0.2) is 9.78 Å². The van der Waals surface area contributed by atoms with E-state index in [4.69, 9.17) is 16.3 Å². The Bertz CT molecular complexity index is 728. The van der Waals surface area contributed by atoms with Gasteiger partial charge in [0.05, 0.1) is 18.2 Å². The molecular weight excluding hydrogens is 373 g/mol. The molecule has 1 aliphatic heterocycles. The number of amides is 1. The lowest BCUT2D eigenvalue weighted by atomic mass is 10.1. The monoisotopic (exact) mass is 390 g/mol. The number of ether oxygens (including phenoxy) is 1. The largest absolute Gasteiger partial charge is 0.444 e. The summed E-state index contributed by atoms with van der Waals surface area (Å²) in [5.41, 5.74) is -1.64. The van der Waals surface area contributed by atoms with Gasteiger partial charge in [-0.15, -0.1) is 0 Å². The molecule has 1 saturated heterocycles. The molecule has 1 aromatic heterocycles. The molecule has 0 aliphatic carbocycles. The van der Waals surface area contributed by atoms with Crippen LogP contribution in [0.3, 0.4) is 0 Å². The van der Waals surface area contributed by atoms with Crippen LogP contribution in [0.5, 0.6) is 0 Å². The van der Waals surface area contributed by atoms with Crippen LogP contribution in [0, 0.1) is 11.3 Å². The SMILES string of the molecule is CC(C)(C)OC(=O)N1CCN(c2cc(C(F)(F)F)cc(Cl)n2)CC1C#N. The van der Waals surface area contributed by atoms with E-state index in [2.05, 4.69) is 4.98 Å². The van der Waals surface area contributed by atoms with E-state index in [1.54, 1.807) is 20.8 Å². The fourth-order valence-corrected chi connectivity index (χ4v) is 2.65. The lowest BCUT2D eigenvalue weighted by Gasteiger charge is -2.39. The molecule has 1 aromatic rings. The van der Waals surface area contributed by atoms with E-state index in [9.17, 15) is 23.2 Å². The minimum atomic E-state index is -4.56. The van der Waals surface area contributed by atoms with Gasteiger partial charge in [0.2, 0.25) is 0 Å². The molecule has 0 saturated carbocycles. The third kappa shape index (κ3) is 4.91. The van der Waals surface area contributed by atoms with Crippen LogP contribution >= 0.6 is 11.6 Å². The first kappa shape index (κ1) is 20.1. The van der Waals surface area contributed by atoms with Crippen molar-refractivity contribution < 1.29 is 22.7 Å². The normalized spacial score (nSPS) is 18.5. The standard InChI is InChI=1S/C16H18ClF3N4O2/c1-15(2,3)26-14(25)24-5-4-23(9-11(24)8-21)13-7-10(16(18,19)20)6-12(17)22-13/h6-7,11H,4-5,9H2,1-3H3. The van der Waals surface area contributed by atoms with Gasteiger partial charge in [0.15, 0.2) is 0 Å². The van der Waals surface area contributed by atoms with E-state index in [1.807, 2.05) is 6.07 Å². The number of hydrogen-bond acceptors (Lipinski definition) is 5. The van der Waals surface area contributed by atoms with Gasteiger partial charge in [0, 0.05) is 13.1 Å². The number of anilines is 1. The Labute approximate surface area is 154 Å². The van der Waals surface area contributed by atoms with E-state index in [0.717, 1.165) is 12.1 Å². The van der Waals surface area contributed by atoms with Gasteiger partial charge in [0.25, 0.3) is 0 Å². The van der Waals surface area contributed by atoms with Gasteiger partial charge in [-0.2, -0.15) is 18.4 Å². The average Bonchev–Trinajstić information content (AvgIpc) is 2.51. The molecular formula is C16H18ClF3N4O2. The fraction of sp³-hybridized carbons (Fsp3) is 0.562. The quantitative estimate of drug-likeness (QED) is 0.684. The van der Waals surface area contributed by atoms with Gasteiger partial charge in [0.1, 0.15) is 22.6 Å². The lowest BCUT2D eigenvalue weighted by molar-refractivity contribution is -0.137. The first-order valence-electron chi connectivity index (χ1n) is 7.79. The maximum Gasteiger partial charge on any atom is 0.416 e. The summed E-state index contributed by atoms with van der Waals surface area (Å²) in [6.45, 7) is 5.43. The Hall–Kier alpha value is -2.21. The zero-order valence-electron chi connectivity index (χ0n) is 14.5. The van der Waals surface area contributed by atoms with Crippen molar-refractivity contribution in [2.45, 2.75) is 38.6 Å². The molecule has 1 aliphatic rings. The molecule has 2 rings (SSSR count). The number of halogens is 4. The van der Waals surface area contributed by atoms with E-state index < -0.39 is 29.5 Å². The van der Waals surface area contributed by atoms with E-state index in [-0.39, 0.29) is 30.6 Å². The molecule has 6 nitrogen and oxygen atoms in total. The van der Waals surface area contributed by atoms with Crippen molar-refractivity contribution in [1.82, 2.24) is 9.88 Å². The number of nitrogens with zero attached hydrogens (tertiary/aromatic N) is 4. The second-order valence-corrected chi connectivity index (χ2v) is 7.19. The number of piperazine rings is 1. The highest BCUT2D eigenvalue weighted by atomic mass is 35.5. The second kappa shape index (κ2) is 7.19. The first-order chi connectivity index (χ1) is 11.9. The van der Waals surface area contributed by atoms with Crippen molar-refractivity contribution in [2.75, 3.05) is 24.5 Å². The lowest BCUT2D eigenvalue weighted by Crippen LogP contribution is -2.56. The third-order valence-corrected chi connectivity index (χ3v) is 3.78. The molecule has 0 aromatic carbocycles. The molecule has 0 spiro atoms. The second-order valence-electron chi connectivity index (χ2n) is 6.80. The highest BCUT2D eigenvalue weighted by molar-refractivity contribution is 6.29. The summed E-state index contributed by atoms with van der Waals surface area (Å²) in [6.07, 6.45) is -5.20. The maximum atomic E-state index is 13.0. The molecule has 10 heteroatoms. The Balaban J connectivity index is 2.20. The van der Waals surface area contributed by atoms with Crippen molar-refractivity contribution >= 4 is 23.5 Å². The van der Waals surface area contributed by atoms with Gasteiger partial charge < -0.3 is 9.64 Å². The number of pyridine rings is 1. The Kier molecular flexibility index (Phi) is 5.56. The highest BCUT2D eigenvalue weighted by Crippen LogP contribution is 2.33. The Morgan fingerprint density at radius 2 is 2.00 bits per heavy atom. The molecule has 142 valence electrons. The zero-order chi connectivity index (χ0) is 19.7. The van der Waals surface area contributed by atoms with Crippen LogP contribution in [0.15, 0.2) is 12.1 Å². The van der Waals surface area contributed by atoms with Crippen molar-refractivity contribution in [3.8, 4) is 6.07 Å². The molecule has 26 heavy (non-hydrogen) atoms. The molecule has 1 atom stereocenters. The zero-order valence-corrected chi connectivity index (χ0v) is 15.2. The maximum absolute atomic E-state index is 13.0. The summed E-state index contributed by atoms with van der Waals surface area (Å²) >= 11 is 5.71. The van der Waals surface area contributed by atoms with Crippen LogP contribution in [0.1, 0.15) is 26.3 Å². The summed E-state index contributed by atoms with van der Waals surface area (Å²) in [4.78, 5) is 18.9. The van der Waals surface area contributed by atoms with Gasteiger partial charge in [-0.3, -0.25) is 4.90 Å². The molecule has 0 N–H and O–H groups in total. The van der Waals surface area contributed by atoms with Crippen molar-refractivity contribution in [2.24, 2.45) is 0 Å². The number of aromatic nitrogens is 1. The smallest absolute Gasteiger partial charge is 0.416 e. The van der Waals surface area contributed by atoms with E-state index in [1.165, 1.54) is 9.80 Å². The number of carbonyl (C=O) groups is 1. The van der Waals surface area contributed by atoms with E-state index >= 15 is 0 Å². The van der Waals surface area contributed by atoms with Crippen molar-refractivity contribution in [3.63, 3.8) is 0 Å². The Morgan fingerprint density at radius 1 is 1.35 bits per heavy atom. The number of rotatable bonds is 1. The van der Waals surface area contributed by atoms with Crippen molar-refractivity contribution in [3.05, 3.63) is 22.8 Å². The van der Waals surface area contributed by atoms with Gasteiger partial charge in [-0.1, -0.05) is 11.6 Å². The minimum Gasteiger partial charge on any atom is -0.444 e. The summed E-state index contributed by atoms with van der Waals surface area (Å²) in [5, 5.41) is 9.07. The average molecular weight is 391 g/mol. The fourth-order valence-electron chi connectivity index (χ4n) is 2.45. The van der Waals surface area contributed by atoms with Gasteiger partial charge >= 0.3 is 12.3 Å². The summed E-state index contributed by atoms with van der Waals surface area (Å²) < 4.78 is 44.1. The van der Waals surface area contributed by atoms with Crippen LogP contribution in [0.4, 0.5) is 23.8 Å². The van der Waals surface area contributed by atoms with Crippen LogP contribution in [-0.4, -0.2) is 47.3 Å². The van der Waals surface area contributed by atoms with Gasteiger partial charge in [-0.05, 0) is 32.9 Å². The molecule has 1 unspecified atom stereocenters. The van der Waals surface area contributed by atoms with Crippen LogP contribution in [0.2, 0.25) is 5.15 Å². The number of alkyl halides is 3. The van der Waals surface area contributed by atoms with Crippen LogP contribution < -0.4 is 4.90 Å². The minimum absolute atomic E-state index is 0.000379. The summed E-state index contributed by atoms with van der Waals surface area (Å²) in [6, 6.07) is 2.72. The molecule has 0 radical (unpaired) electrons. The number of hydrogen-bond donors (Lipinski definition) is 0. The van der Waals surface area contributed by atoms with Crippen molar-refractivity contribution in [1.29, 1.82) is 5.26 Å². The topological polar surface area (TPSA) is 69.5 Å². The first-order valence-corrected chi connectivity index (χ1v) is 8.17. The molecule has 1 fully saturated rings. The third-order valence-electron chi connectivity index (χ3n) is 3.59. The van der Waals surface area contributed by atoms with Crippen LogP contribution in [0.25, 0.3) is 0 Å². The molecule has 2 heterocycles. The molecule has 0 bridgehead atoms. The predicted molar refractivity (Wildman–Crippen MR) is 88.8 cm³/mol.